The fraction of sp³-hybridized carbons (Fsp3) is 0.568. The monoisotopic (exact) mass is 758 g/mol. The van der Waals surface area contributed by atoms with Crippen molar-refractivity contribution in [1.82, 2.24) is 5.32 Å². The maximum atomic E-state index is 12.7. The Hall–Kier alpha value is -2.84. The van der Waals surface area contributed by atoms with E-state index in [2.05, 4.69) is 116 Å². The fourth-order valence-electron chi connectivity index (χ4n) is 4.57. The van der Waals surface area contributed by atoms with Gasteiger partial charge in [-0.3, -0.25) is 13.8 Å². The highest BCUT2D eigenvalue weighted by Gasteiger charge is 2.27. The lowest BCUT2D eigenvalue weighted by atomic mass is 10.1. The molecule has 0 aliphatic heterocycles. The molecule has 8 nitrogen and oxygen atoms in total. The molecule has 0 radical (unpaired) electrons. The van der Waals surface area contributed by atoms with Crippen LogP contribution in [0.2, 0.25) is 0 Å². The molecule has 3 atom stereocenters. The highest BCUT2D eigenvalue weighted by molar-refractivity contribution is 7.47. The van der Waals surface area contributed by atoms with E-state index in [1.807, 2.05) is 27.2 Å². The SMILES string of the molecule is CC/C=C\C/C=C\C/C=C\C/C=C\C/C=C\C/C=C\C/C=C\C/C=C\CCCCC(=O)NC(COP(=O)(O)OCC[N+](C)(C)C)C(O)/C=C/CCCC. The van der Waals surface area contributed by atoms with Gasteiger partial charge in [-0.05, 0) is 77.0 Å². The number of likely N-dealkylation sites (N-methyl/N-ethyl adjacent to an activating group) is 1. The number of quaternary nitrogens is 1. The lowest BCUT2D eigenvalue weighted by Gasteiger charge is -2.25. The number of nitrogens with one attached hydrogen (secondary N) is 1. The van der Waals surface area contributed by atoms with Gasteiger partial charge in [-0.1, -0.05) is 136 Å². The molecular formula is C44H74N2O6P+. The summed E-state index contributed by atoms with van der Waals surface area (Å²) in [5.41, 5.74) is 0. The maximum absolute atomic E-state index is 12.7. The van der Waals surface area contributed by atoms with Gasteiger partial charge in [0.15, 0.2) is 0 Å². The first-order valence-corrected chi connectivity index (χ1v) is 21.3. The zero-order valence-corrected chi connectivity index (χ0v) is 34.6. The zero-order valence-electron chi connectivity index (χ0n) is 33.7. The van der Waals surface area contributed by atoms with Gasteiger partial charge in [0.2, 0.25) is 5.91 Å². The summed E-state index contributed by atoms with van der Waals surface area (Å²) >= 11 is 0. The molecule has 9 heteroatoms. The van der Waals surface area contributed by atoms with Gasteiger partial charge < -0.3 is 19.8 Å². The van der Waals surface area contributed by atoms with Crippen molar-refractivity contribution in [3.63, 3.8) is 0 Å². The highest BCUT2D eigenvalue weighted by atomic mass is 31.2. The van der Waals surface area contributed by atoms with Crippen LogP contribution < -0.4 is 5.32 Å². The Morgan fingerprint density at radius 3 is 1.57 bits per heavy atom. The average Bonchev–Trinajstić information content (AvgIpc) is 3.10. The first-order chi connectivity index (χ1) is 25.5. The van der Waals surface area contributed by atoms with Crippen LogP contribution in [0.3, 0.4) is 0 Å². The third-order valence-electron chi connectivity index (χ3n) is 7.75. The quantitative estimate of drug-likeness (QED) is 0.0266. The Morgan fingerprint density at radius 2 is 1.11 bits per heavy atom. The molecule has 0 saturated carbocycles. The number of phosphoric acid groups is 1. The largest absolute Gasteiger partial charge is 0.472 e. The molecule has 0 rings (SSSR count). The van der Waals surface area contributed by atoms with E-state index in [0.29, 0.717) is 23.9 Å². The molecule has 3 unspecified atom stereocenters. The second-order valence-electron chi connectivity index (χ2n) is 13.9. The van der Waals surface area contributed by atoms with Crippen molar-refractivity contribution in [3.8, 4) is 0 Å². The van der Waals surface area contributed by atoms with E-state index in [4.69, 9.17) is 9.05 Å². The van der Waals surface area contributed by atoms with Crippen LogP contribution >= 0.6 is 7.82 Å². The van der Waals surface area contributed by atoms with Crippen molar-refractivity contribution in [3.05, 3.63) is 109 Å². The Bertz CT molecular complexity index is 1220. The molecule has 1 amide bonds. The van der Waals surface area contributed by atoms with Gasteiger partial charge in [-0.2, -0.15) is 0 Å². The minimum absolute atomic E-state index is 0.0445. The molecule has 0 aliphatic rings. The molecule has 53 heavy (non-hydrogen) atoms. The third-order valence-corrected chi connectivity index (χ3v) is 8.73. The number of carbonyl (C=O) groups is 1. The lowest BCUT2D eigenvalue weighted by Crippen LogP contribution is -2.45. The number of rotatable bonds is 33. The predicted octanol–water partition coefficient (Wildman–Crippen LogP) is 10.6. The van der Waals surface area contributed by atoms with Crippen LogP contribution in [0.15, 0.2) is 109 Å². The number of phosphoric ester groups is 1. The Labute approximate surface area is 323 Å². The summed E-state index contributed by atoms with van der Waals surface area (Å²) in [5.74, 6) is -0.236. The number of aliphatic hydroxyl groups is 1. The van der Waals surface area contributed by atoms with Crippen LogP contribution in [-0.2, 0) is 18.4 Å². The van der Waals surface area contributed by atoms with E-state index in [1.54, 1.807) is 6.08 Å². The third kappa shape index (κ3) is 37.3. The number of aliphatic hydroxyl groups excluding tert-OH is 1. The molecule has 0 aromatic heterocycles. The van der Waals surface area contributed by atoms with Crippen molar-refractivity contribution in [1.29, 1.82) is 0 Å². The van der Waals surface area contributed by atoms with Crippen LogP contribution in [0.1, 0.15) is 110 Å². The molecule has 0 heterocycles. The second kappa shape index (κ2) is 34.9. The number of nitrogens with zero attached hydrogens (tertiary/aromatic N) is 1. The molecular weight excluding hydrogens is 683 g/mol. The zero-order chi connectivity index (χ0) is 39.3. The average molecular weight is 758 g/mol. The topological polar surface area (TPSA) is 105 Å². The summed E-state index contributed by atoms with van der Waals surface area (Å²) in [7, 11) is 1.51. The highest BCUT2D eigenvalue weighted by Crippen LogP contribution is 2.43. The van der Waals surface area contributed by atoms with Gasteiger partial charge in [0.25, 0.3) is 0 Å². The van der Waals surface area contributed by atoms with Gasteiger partial charge in [-0.25, -0.2) is 4.57 Å². The van der Waals surface area contributed by atoms with Gasteiger partial charge >= 0.3 is 7.82 Å². The molecule has 0 aliphatic carbocycles. The Kier molecular flexibility index (Phi) is 33.0. The Balaban J connectivity index is 4.24. The minimum atomic E-state index is -4.34. The van der Waals surface area contributed by atoms with Crippen LogP contribution in [-0.4, -0.2) is 73.4 Å². The molecule has 0 spiro atoms. The normalized spacial score (nSPS) is 15.7. The fourth-order valence-corrected chi connectivity index (χ4v) is 5.30. The van der Waals surface area contributed by atoms with Crippen LogP contribution in [0.25, 0.3) is 0 Å². The first kappa shape index (κ1) is 50.2. The Morgan fingerprint density at radius 1 is 0.660 bits per heavy atom. The van der Waals surface area contributed by atoms with Crippen molar-refractivity contribution >= 4 is 13.7 Å². The van der Waals surface area contributed by atoms with Gasteiger partial charge in [0.05, 0.1) is 39.9 Å². The molecule has 0 saturated heterocycles. The van der Waals surface area contributed by atoms with Crippen molar-refractivity contribution in [2.75, 3.05) is 40.9 Å². The molecule has 3 N–H and O–H groups in total. The van der Waals surface area contributed by atoms with Gasteiger partial charge in [-0.15, -0.1) is 0 Å². The van der Waals surface area contributed by atoms with E-state index in [9.17, 15) is 19.4 Å². The van der Waals surface area contributed by atoms with Crippen LogP contribution in [0, 0.1) is 0 Å². The molecule has 0 fully saturated rings. The number of allylic oxidation sites excluding steroid dienone is 17. The van der Waals surface area contributed by atoms with Crippen LogP contribution in [0.4, 0.5) is 0 Å². The first-order valence-electron chi connectivity index (χ1n) is 19.8. The van der Waals surface area contributed by atoms with Gasteiger partial charge in [0, 0.05) is 6.42 Å². The molecule has 300 valence electrons. The van der Waals surface area contributed by atoms with E-state index < -0.39 is 20.0 Å². The number of hydrogen-bond donors (Lipinski definition) is 3. The van der Waals surface area contributed by atoms with Crippen LogP contribution in [0.5, 0.6) is 0 Å². The van der Waals surface area contributed by atoms with E-state index in [0.717, 1.165) is 83.5 Å². The minimum Gasteiger partial charge on any atom is -0.387 e. The second-order valence-corrected chi connectivity index (χ2v) is 15.4. The lowest BCUT2D eigenvalue weighted by molar-refractivity contribution is -0.870. The maximum Gasteiger partial charge on any atom is 0.472 e. The summed E-state index contributed by atoms with van der Waals surface area (Å²) in [6.45, 7) is 4.46. The summed E-state index contributed by atoms with van der Waals surface area (Å²) in [6.07, 6.45) is 50.8. The molecule has 0 aromatic rings. The van der Waals surface area contributed by atoms with Gasteiger partial charge in [0.1, 0.15) is 13.2 Å². The summed E-state index contributed by atoms with van der Waals surface area (Å²) in [4.78, 5) is 22.8. The molecule has 0 aromatic carbocycles. The summed E-state index contributed by atoms with van der Waals surface area (Å²) in [6, 6.07) is -0.873. The van der Waals surface area contributed by atoms with Crippen molar-refractivity contribution in [2.24, 2.45) is 0 Å². The standard InChI is InChI=1S/C44H73N2O6P/c1-6-8-10-12-13-14-15-16-17-18-19-20-21-22-23-24-25-26-27-28-29-30-31-32-33-34-36-38-44(48)45-42(43(47)37-35-11-9-7-2)41-52-53(49,50)51-40-39-46(3,4)5/h8,10,13-14,16-17,19-20,22-23,25-26,28-29,31-32,35,37,42-43,47H,6-7,9,11-12,15,18,21,24,27,30,33-34,36,38-41H2,1-5H3,(H-,45,48,49,50)/p+1/b10-8-,14-13-,17-16-,20-19-,23-22-,26-25-,29-28-,32-31-,37-35+. The van der Waals surface area contributed by atoms with E-state index in [-0.39, 0.29) is 19.1 Å². The molecule has 0 bridgehead atoms. The number of amides is 1. The predicted molar refractivity (Wildman–Crippen MR) is 225 cm³/mol. The van der Waals surface area contributed by atoms with Crippen molar-refractivity contribution in [2.45, 2.75) is 122 Å². The van der Waals surface area contributed by atoms with E-state index >= 15 is 0 Å². The number of unbranched alkanes of at least 4 members (excludes halogenated alkanes) is 4. The van der Waals surface area contributed by atoms with E-state index in [1.165, 1.54) is 0 Å². The number of hydrogen-bond acceptors (Lipinski definition) is 5. The smallest absolute Gasteiger partial charge is 0.387 e. The number of carbonyl (C=O) groups excluding carboxylic acids is 1. The summed E-state index contributed by atoms with van der Waals surface area (Å²) < 4.78 is 23.2. The summed E-state index contributed by atoms with van der Waals surface area (Å²) in [5, 5.41) is 13.5. The van der Waals surface area contributed by atoms with Crippen molar-refractivity contribution < 1.29 is 32.9 Å².